The van der Waals surface area contributed by atoms with Gasteiger partial charge in [-0.3, -0.25) is 4.90 Å². The number of amides is 2. The molecule has 128 valence electrons. The second kappa shape index (κ2) is 7.86. The largest absolute Gasteiger partial charge is 0.468 e. The minimum atomic E-state index is -0.0414. The first kappa shape index (κ1) is 16.4. The average Bonchev–Trinajstić information content (AvgIpc) is 3.24. The molecule has 2 heterocycles. The normalized spacial score (nSPS) is 26.8. The predicted octanol–water partition coefficient (Wildman–Crippen LogP) is 3.29. The fourth-order valence-electron chi connectivity index (χ4n) is 3.77. The van der Waals surface area contributed by atoms with Gasteiger partial charge >= 0.3 is 6.03 Å². The maximum absolute atomic E-state index is 12.2. The van der Waals surface area contributed by atoms with Crippen molar-refractivity contribution in [3.8, 4) is 0 Å². The van der Waals surface area contributed by atoms with E-state index >= 15 is 0 Å². The molecule has 5 nitrogen and oxygen atoms in total. The fraction of sp³-hybridized carbons (Fsp3) is 0.722. The summed E-state index contributed by atoms with van der Waals surface area (Å²) in [6.45, 7) is 5.05. The van der Waals surface area contributed by atoms with Crippen LogP contribution in [0.3, 0.4) is 0 Å². The molecule has 1 saturated carbocycles. The number of nitrogens with one attached hydrogen (secondary N) is 2. The van der Waals surface area contributed by atoms with Gasteiger partial charge in [0.1, 0.15) is 5.76 Å². The van der Waals surface area contributed by atoms with Gasteiger partial charge in [0.2, 0.25) is 0 Å². The second-order valence-corrected chi connectivity index (χ2v) is 7.09. The van der Waals surface area contributed by atoms with Crippen LogP contribution in [0.4, 0.5) is 4.79 Å². The Bertz CT molecular complexity index is 474. The molecule has 0 spiro atoms. The Kier molecular flexibility index (Phi) is 5.60. The molecule has 2 amide bonds. The molecule has 23 heavy (non-hydrogen) atoms. The Morgan fingerprint density at radius 1 is 1.30 bits per heavy atom. The number of hydrogen-bond donors (Lipinski definition) is 2. The summed E-state index contributed by atoms with van der Waals surface area (Å²) >= 11 is 0. The highest BCUT2D eigenvalue weighted by Crippen LogP contribution is 2.25. The molecule has 2 N–H and O–H groups in total. The summed E-state index contributed by atoms with van der Waals surface area (Å²) in [6, 6.07) is 4.36. The van der Waals surface area contributed by atoms with Gasteiger partial charge in [0, 0.05) is 12.6 Å². The van der Waals surface area contributed by atoms with Crippen molar-refractivity contribution in [3.05, 3.63) is 24.2 Å². The number of carbonyl (C=O) groups excluding carboxylic acids is 1. The molecule has 1 unspecified atom stereocenters. The molecule has 1 aliphatic carbocycles. The van der Waals surface area contributed by atoms with Crippen LogP contribution in [-0.4, -0.2) is 36.6 Å². The van der Waals surface area contributed by atoms with Gasteiger partial charge in [-0.25, -0.2) is 4.79 Å². The lowest BCUT2D eigenvalue weighted by molar-refractivity contribution is 0.199. The lowest BCUT2D eigenvalue weighted by atomic mass is 9.87. The Hall–Kier alpha value is -1.49. The van der Waals surface area contributed by atoms with E-state index in [1.165, 1.54) is 25.7 Å². The SMILES string of the molecule is CC1CCC(NC(=O)NCC(c2ccco2)N2CCCC2)CC1. The van der Waals surface area contributed by atoms with Gasteiger partial charge in [-0.05, 0) is 69.7 Å². The molecule has 1 aliphatic heterocycles. The van der Waals surface area contributed by atoms with E-state index < -0.39 is 0 Å². The lowest BCUT2D eigenvalue weighted by Crippen LogP contribution is -2.46. The quantitative estimate of drug-likeness (QED) is 0.875. The molecule has 2 aliphatic rings. The maximum atomic E-state index is 12.2. The highest BCUT2D eigenvalue weighted by molar-refractivity contribution is 5.74. The van der Waals surface area contributed by atoms with E-state index in [0.717, 1.165) is 37.6 Å². The van der Waals surface area contributed by atoms with Gasteiger partial charge in [-0.2, -0.15) is 0 Å². The van der Waals surface area contributed by atoms with Crippen LogP contribution in [0, 0.1) is 5.92 Å². The van der Waals surface area contributed by atoms with E-state index in [4.69, 9.17) is 4.42 Å². The molecule has 2 fully saturated rings. The van der Waals surface area contributed by atoms with Gasteiger partial charge in [0.25, 0.3) is 0 Å². The number of nitrogens with zero attached hydrogens (tertiary/aromatic N) is 1. The minimum absolute atomic E-state index is 0.0414. The van der Waals surface area contributed by atoms with Gasteiger partial charge < -0.3 is 15.1 Å². The highest BCUT2D eigenvalue weighted by atomic mass is 16.3. The Labute approximate surface area is 138 Å². The third-order valence-electron chi connectivity index (χ3n) is 5.26. The summed E-state index contributed by atoms with van der Waals surface area (Å²) < 4.78 is 5.59. The van der Waals surface area contributed by atoms with Crippen LogP contribution in [0.15, 0.2) is 22.8 Å². The van der Waals surface area contributed by atoms with Crippen LogP contribution in [0.25, 0.3) is 0 Å². The molecule has 1 aromatic heterocycles. The molecule has 0 radical (unpaired) electrons. The summed E-state index contributed by atoms with van der Waals surface area (Å²) in [5, 5.41) is 6.19. The number of urea groups is 1. The zero-order valence-electron chi connectivity index (χ0n) is 14.1. The predicted molar refractivity (Wildman–Crippen MR) is 90.2 cm³/mol. The summed E-state index contributed by atoms with van der Waals surface area (Å²) in [7, 11) is 0. The molecule has 1 aromatic rings. The van der Waals surface area contributed by atoms with Gasteiger partial charge in [0.05, 0.1) is 12.3 Å². The zero-order valence-corrected chi connectivity index (χ0v) is 14.1. The topological polar surface area (TPSA) is 57.5 Å². The summed E-state index contributed by atoms with van der Waals surface area (Å²) in [5.41, 5.74) is 0. The molecular formula is C18H29N3O2. The highest BCUT2D eigenvalue weighted by Gasteiger charge is 2.26. The first-order valence-corrected chi connectivity index (χ1v) is 9.04. The lowest BCUT2D eigenvalue weighted by Gasteiger charge is -2.28. The van der Waals surface area contributed by atoms with E-state index in [1.54, 1.807) is 6.26 Å². The first-order valence-electron chi connectivity index (χ1n) is 9.04. The molecule has 5 heteroatoms. The summed E-state index contributed by atoms with van der Waals surface area (Å²) in [5.74, 6) is 1.74. The van der Waals surface area contributed by atoms with E-state index in [9.17, 15) is 4.79 Å². The van der Waals surface area contributed by atoms with Gasteiger partial charge in [-0.15, -0.1) is 0 Å². The van der Waals surface area contributed by atoms with Crippen LogP contribution in [-0.2, 0) is 0 Å². The third kappa shape index (κ3) is 4.50. The van der Waals surface area contributed by atoms with E-state index in [0.29, 0.717) is 12.6 Å². The number of carbonyl (C=O) groups is 1. The van der Waals surface area contributed by atoms with Crippen molar-refractivity contribution in [1.82, 2.24) is 15.5 Å². The van der Waals surface area contributed by atoms with E-state index in [1.807, 2.05) is 12.1 Å². The fourth-order valence-corrected chi connectivity index (χ4v) is 3.77. The standard InChI is InChI=1S/C18H29N3O2/c1-14-6-8-15(9-7-14)20-18(22)19-13-16(17-5-4-12-23-17)21-10-2-3-11-21/h4-5,12,14-16H,2-3,6-11,13H2,1H3,(H2,19,20,22). The van der Waals surface area contributed by atoms with Crippen molar-refractivity contribution in [1.29, 1.82) is 0 Å². The van der Waals surface area contributed by atoms with E-state index in [-0.39, 0.29) is 12.1 Å². The monoisotopic (exact) mass is 319 g/mol. The van der Waals surface area contributed by atoms with Crippen molar-refractivity contribution in [3.63, 3.8) is 0 Å². The Morgan fingerprint density at radius 2 is 2.04 bits per heavy atom. The Balaban J connectivity index is 1.49. The van der Waals surface area contributed by atoms with Crippen LogP contribution in [0.1, 0.15) is 57.3 Å². The number of likely N-dealkylation sites (tertiary alicyclic amines) is 1. The smallest absolute Gasteiger partial charge is 0.315 e. The second-order valence-electron chi connectivity index (χ2n) is 7.09. The zero-order chi connectivity index (χ0) is 16.1. The van der Waals surface area contributed by atoms with Gasteiger partial charge in [0.15, 0.2) is 0 Å². The molecule has 0 bridgehead atoms. The van der Waals surface area contributed by atoms with Crippen LogP contribution >= 0.6 is 0 Å². The number of furan rings is 1. The molecule has 3 rings (SSSR count). The molecule has 1 atom stereocenters. The van der Waals surface area contributed by atoms with Crippen molar-refractivity contribution < 1.29 is 9.21 Å². The summed E-state index contributed by atoms with van der Waals surface area (Å²) in [4.78, 5) is 14.6. The maximum Gasteiger partial charge on any atom is 0.315 e. The molecule has 1 saturated heterocycles. The van der Waals surface area contributed by atoms with Gasteiger partial charge in [-0.1, -0.05) is 6.92 Å². The van der Waals surface area contributed by atoms with Crippen molar-refractivity contribution in [2.24, 2.45) is 5.92 Å². The van der Waals surface area contributed by atoms with Crippen molar-refractivity contribution in [2.45, 2.75) is 57.5 Å². The molecule has 0 aromatic carbocycles. The summed E-state index contributed by atoms with van der Waals surface area (Å²) in [6.07, 6.45) is 8.79. The van der Waals surface area contributed by atoms with Crippen LogP contribution < -0.4 is 10.6 Å². The van der Waals surface area contributed by atoms with Crippen molar-refractivity contribution >= 4 is 6.03 Å². The number of hydrogen-bond acceptors (Lipinski definition) is 3. The average molecular weight is 319 g/mol. The minimum Gasteiger partial charge on any atom is -0.468 e. The first-order chi connectivity index (χ1) is 11.2. The molecular weight excluding hydrogens is 290 g/mol. The van der Waals surface area contributed by atoms with Crippen molar-refractivity contribution in [2.75, 3.05) is 19.6 Å². The Morgan fingerprint density at radius 3 is 2.70 bits per heavy atom. The third-order valence-corrected chi connectivity index (χ3v) is 5.26. The van der Waals surface area contributed by atoms with Crippen LogP contribution in [0.5, 0.6) is 0 Å². The number of rotatable bonds is 5. The van der Waals surface area contributed by atoms with Crippen LogP contribution in [0.2, 0.25) is 0 Å². The van der Waals surface area contributed by atoms with E-state index in [2.05, 4.69) is 22.5 Å².